The van der Waals surface area contributed by atoms with Crippen LogP contribution in [0.1, 0.15) is 29.6 Å². The molecular weight excluding hydrogens is 275 g/mol. The Morgan fingerprint density at radius 2 is 2.39 bits per heavy atom. The van der Waals surface area contributed by atoms with E-state index in [2.05, 4.69) is 10.3 Å². The summed E-state index contributed by atoms with van der Waals surface area (Å²) in [4.78, 5) is 15.7. The van der Waals surface area contributed by atoms with Gasteiger partial charge in [0.25, 0.3) is 5.91 Å². The monoisotopic (exact) mass is 288 g/mol. The summed E-state index contributed by atoms with van der Waals surface area (Å²) < 4.78 is 5.47. The molecule has 1 aromatic heterocycles. The van der Waals surface area contributed by atoms with E-state index in [1.165, 1.54) is 12.3 Å². The van der Waals surface area contributed by atoms with Crippen molar-refractivity contribution in [3.05, 3.63) is 28.0 Å². The molecule has 1 aliphatic rings. The number of amides is 1. The fraction of sp³-hybridized carbons (Fsp3) is 0.500. The predicted molar refractivity (Wildman–Crippen MR) is 70.2 cm³/mol. The van der Waals surface area contributed by atoms with Gasteiger partial charge in [0.05, 0.1) is 16.7 Å². The number of carbonyl (C=O) groups is 1. The third-order valence-corrected chi connectivity index (χ3v) is 3.35. The highest BCUT2D eigenvalue weighted by atomic mass is 35.5. The Morgan fingerprint density at radius 3 is 3.11 bits per heavy atom. The van der Waals surface area contributed by atoms with E-state index in [-0.39, 0.29) is 17.2 Å². The van der Waals surface area contributed by atoms with Crippen molar-refractivity contribution in [1.82, 2.24) is 10.3 Å². The molecule has 0 aliphatic carbocycles. The lowest BCUT2D eigenvalue weighted by atomic mass is 10.2. The van der Waals surface area contributed by atoms with Gasteiger partial charge in [-0.3, -0.25) is 4.79 Å². The minimum absolute atomic E-state index is 0.234. The largest absolute Gasteiger partial charge is 0.378 e. The number of nitrogens with one attached hydrogen (secondary N) is 1. The number of hydrogen-bond donors (Lipinski definition) is 1. The van der Waals surface area contributed by atoms with Crippen LogP contribution in [0.2, 0.25) is 10.2 Å². The van der Waals surface area contributed by atoms with Crippen molar-refractivity contribution in [2.75, 3.05) is 13.2 Å². The molecule has 1 fully saturated rings. The number of pyridine rings is 1. The van der Waals surface area contributed by atoms with Crippen LogP contribution in [-0.4, -0.2) is 30.1 Å². The summed E-state index contributed by atoms with van der Waals surface area (Å²) in [5, 5.41) is 3.36. The molecule has 0 saturated carbocycles. The topological polar surface area (TPSA) is 51.2 Å². The van der Waals surface area contributed by atoms with Crippen LogP contribution >= 0.6 is 23.2 Å². The van der Waals surface area contributed by atoms with Crippen LogP contribution in [0.25, 0.3) is 0 Å². The molecule has 6 heteroatoms. The van der Waals surface area contributed by atoms with Crippen molar-refractivity contribution in [2.24, 2.45) is 0 Å². The van der Waals surface area contributed by atoms with E-state index in [9.17, 15) is 4.79 Å². The molecule has 1 N–H and O–H groups in total. The van der Waals surface area contributed by atoms with Gasteiger partial charge < -0.3 is 10.1 Å². The van der Waals surface area contributed by atoms with E-state index in [0.29, 0.717) is 17.1 Å². The van der Waals surface area contributed by atoms with Gasteiger partial charge in [-0.25, -0.2) is 4.98 Å². The normalized spacial score (nSPS) is 18.9. The minimum atomic E-state index is -0.234. The molecule has 1 aliphatic heterocycles. The molecule has 0 radical (unpaired) electrons. The molecule has 1 atom stereocenters. The van der Waals surface area contributed by atoms with E-state index < -0.39 is 0 Å². The summed E-state index contributed by atoms with van der Waals surface area (Å²) in [6, 6.07) is 1.46. The molecule has 0 bridgehead atoms. The van der Waals surface area contributed by atoms with Crippen LogP contribution in [0.4, 0.5) is 0 Å². The van der Waals surface area contributed by atoms with Crippen LogP contribution in [0.5, 0.6) is 0 Å². The fourth-order valence-corrected chi connectivity index (χ4v) is 2.25. The third kappa shape index (κ3) is 3.57. The van der Waals surface area contributed by atoms with E-state index in [1.807, 2.05) is 0 Å². The quantitative estimate of drug-likeness (QED) is 0.867. The molecule has 1 unspecified atom stereocenters. The van der Waals surface area contributed by atoms with E-state index in [1.54, 1.807) is 0 Å². The number of carbonyl (C=O) groups excluding carboxylic acids is 1. The highest BCUT2D eigenvalue weighted by molar-refractivity contribution is 6.35. The zero-order chi connectivity index (χ0) is 13.0. The van der Waals surface area contributed by atoms with Crippen LogP contribution in [-0.2, 0) is 4.74 Å². The lowest BCUT2D eigenvalue weighted by molar-refractivity contribution is 0.0907. The summed E-state index contributed by atoms with van der Waals surface area (Å²) >= 11 is 11.6. The Hall–Kier alpha value is -0.840. The Morgan fingerprint density at radius 1 is 1.56 bits per heavy atom. The molecule has 18 heavy (non-hydrogen) atoms. The Balaban J connectivity index is 1.85. The molecule has 0 aromatic carbocycles. The Labute approximate surface area is 116 Å². The zero-order valence-corrected chi connectivity index (χ0v) is 11.3. The van der Waals surface area contributed by atoms with Gasteiger partial charge in [-0.15, -0.1) is 0 Å². The molecule has 98 valence electrons. The second kappa shape index (κ2) is 6.36. The van der Waals surface area contributed by atoms with Gasteiger partial charge in [-0.05, 0) is 25.3 Å². The molecule has 2 heterocycles. The number of hydrogen-bond acceptors (Lipinski definition) is 3. The van der Waals surface area contributed by atoms with Gasteiger partial charge in [0.1, 0.15) is 5.15 Å². The smallest absolute Gasteiger partial charge is 0.252 e. The average molecular weight is 289 g/mol. The maximum absolute atomic E-state index is 11.9. The number of ether oxygens (including phenoxy) is 1. The molecule has 1 aromatic rings. The summed E-state index contributed by atoms with van der Waals surface area (Å²) in [5.41, 5.74) is 0.351. The maximum atomic E-state index is 11.9. The van der Waals surface area contributed by atoms with Crippen molar-refractivity contribution >= 4 is 29.1 Å². The molecule has 4 nitrogen and oxygen atoms in total. The number of halogens is 2. The number of aromatic nitrogens is 1. The van der Waals surface area contributed by atoms with Gasteiger partial charge in [0, 0.05) is 19.3 Å². The summed E-state index contributed by atoms with van der Waals surface area (Å²) in [6.07, 6.45) is 4.63. The first kappa shape index (κ1) is 13.6. The minimum Gasteiger partial charge on any atom is -0.378 e. The SMILES string of the molecule is O=C(NCCC1CCCO1)c1cc(Cl)ncc1Cl. The molecular formula is C12H14Cl2N2O2. The second-order valence-corrected chi connectivity index (χ2v) is 4.96. The van der Waals surface area contributed by atoms with Crippen LogP contribution in [0.15, 0.2) is 12.3 Å². The van der Waals surface area contributed by atoms with Crippen molar-refractivity contribution < 1.29 is 9.53 Å². The van der Waals surface area contributed by atoms with Gasteiger partial charge in [-0.2, -0.15) is 0 Å². The van der Waals surface area contributed by atoms with Crippen LogP contribution < -0.4 is 5.32 Å². The molecule has 1 saturated heterocycles. The first-order valence-electron chi connectivity index (χ1n) is 5.87. The van der Waals surface area contributed by atoms with Gasteiger partial charge >= 0.3 is 0 Å². The van der Waals surface area contributed by atoms with Crippen molar-refractivity contribution in [3.63, 3.8) is 0 Å². The van der Waals surface area contributed by atoms with Gasteiger partial charge in [0.2, 0.25) is 0 Å². The molecule has 0 spiro atoms. The van der Waals surface area contributed by atoms with Crippen LogP contribution in [0.3, 0.4) is 0 Å². The fourth-order valence-electron chi connectivity index (χ4n) is 1.90. The Bertz CT molecular complexity index is 434. The maximum Gasteiger partial charge on any atom is 0.252 e. The summed E-state index contributed by atoms with van der Waals surface area (Å²) in [6.45, 7) is 1.39. The van der Waals surface area contributed by atoms with Crippen molar-refractivity contribution in [3.8, 4) is 0 Å². The van der Waals surface area contributed by atoms with E-state index in [4.69, 9.17) is 27.9 Å². The lowest BCUT2D eigenvalue weighted by Crippen LogP contribution is -2.27. The zero-order valence-electron chi connectivity index (χ0n) is 9.79. The number of nitrogens with zero attached hydrogens (tertiary/aromatic N) is 1. The summed E-state index contributed by atoms with van der Waals surface area (Å²) in [7, 11) is 0. The highest BCUT2D eigenvalue weighted by Gasteiger charge is 2.16. The second-order valence-electron chi connectivity index (χ2n) is 4.17. The van der Waals surface area contributed by atoms with E-state index in [0.717, 1.165) is 25.9 Å². The predicted octanol–water partition coefficient (Wildman–Crippen LogP) is 2.69. The first-order valence-corrected chi connectivity index (χ1v) is 6.63. The standard InChI is InChI=1S/C12H14Cl2N2O2/c13-10-7-16-11(14)6-9(10)12(17)15-4-3-8-2-1-5-18-8/h6-8H,1-5H2,(H,15,17). The van der Waals surface area contributed by atoms with Crippen molar-refractivity contribution in [2.45, 2.75) is 25.4 Å². The van der Waals surface area contributed by atoms with Gasteiger partial charge in [0.15, 0.2) is 0 Å². The number of rotatable bonds is 4. The summed E-state index contributed by atoms with van der Waals surface area (Å²) in [5.74, 6) is -0.234. The van der Waals surface area contributed by atoms with Crippen LogP contribution in [0, 0.1) is 0 Å². The van der Waals surface area contributed by atoms with Crippen molar-refractivity contribution in [1.29, 1.82) is 0 Å². The van der Waals surface area contributed by atoms with Gasteiger partial charge in [-0.1, -0.05) is 23.2 Å². The third-order valence-electron chi connectivity index (χ3n) is 2.84. The molecule has 2 rings (SSSR count). The highest BCUT2D eigenvalue weighted by Crippen LogP contribution is 2.18. The Kier molecular flexibility index (Phi) is 4.80. The lowest BCUT2D eigenvalue weighted by Gasteiger charge is -2.10. The first-order chi connectivity index (χ1) is 8.66. The average Bonchev–Trinajstić information content (AvgIpc) is 2.85. The van der Waals surface area contributed by atoms with E-state index >= 15 is 0 Å². The molecule has 1 amide bonds.